The molecule has 258 valence electrons. The van der Waals surface area contributed by atoms with Crippen LogP contribution < -0.4 is 5.32 Å². The van der Waals surface area contributed by atoms with Crippen molar-refractivity contribution in [3.8, 4) is 11.4 Å². The van der Waals surface area contributed by atoms with Crippen molar-refractivity contribution < 1.29 is 19.5 Å². The number of likely N-dealkylation sites (tertiary alicyclic amines) is 1. The van der Waals surface area contributed by atoms with Crippen LogP contribution in [0.2, 0.25) is 0 Å². The molecule has 1 aromatic heterocycles. The Balaban J connectivity index is 1.07. The van der Waals surface area contributed by atoms with E-state index in [0.717, 1.165) is 59.3 Å². The van der Waals surface area contributed by atoms with Crippen LogP contribution in [0.4, 0.5) is 0 Å². The molecule has 1 saturated heterocycles. The third-order valence-corrected chi connectivity index (χ3v) is 11.2. The molecule has 0 spiro atoms. The maximum Gasteiger partial charge on any atom is 0.310 e. The van der Waals surface area contributed by atoms with Crippen molar-refractivity contribution in [2.45, 2.75) is 90.5 Å². The number of nitrogens with one attached hydrogen (secondary N) is 1. The fourth-order valence-electron chi connectivity index (χ4n) is 7.94. The van der Waals surface area contributed by atoms with Crippen LogP contribution in [0.5, 0.6) is 0 Å². The highest BCUT2D eigenvalue weighted by Crippen LogP contribution is 2.42. The van der Waals surface area contributed by atoms with E-state index in [2.05, 4.69) is 25.2 Å². The van der Waals surface area contributed by atoms with Gasteiger partial charge in [0, 0.05) is 48.6 Å². The number of carboxylic acid groups (broad SMARTS) is 1. The Hall–Kier alpha value is -4.33. The van der Waals surface area contributed by atoms with Gasteiger partial charge in [-0.05, 0) is 85.1 Å². The van der Waals surface area contributed by atoms with Crippen LogP contribution in [0, 0.1) is 23.7 Å². The lowest BCUT2D eigenvalue weighted by Crippen LogP contribution is -2.59. The first-order chi connectivity index (χ1) is 23.8. The summed E-state index contributed by atoms with van der Waals surface area (Å²) in [4.78, 5) is 48.9. The molecule has 2 atom stereocenters. The standard InChI is InChI=1S/C41H50N4O4/c1-3-5-28-8-12-30(13-9-28)31-18-20-32(21-19-31)35-23-42-38(43-24-35)33-14-10-29(11-15-33)22-37(40(47)45-25-36(26-45)41(48)49)44-39(46)34-16-6-27(4-2)7-17-34/h6-7,10-11,14-17,20,23-24,28,30-31,36-37H,3-5,8-9,12-13,18-19,21-22,25-26H2,1-2H3,(H,44,46)(H,48,49)/t28?,30?,31?,37-/m0/s1. The first-order valence-electron chi connectivity index (χ1n) is 18.3. The molecule has 2 aromatic carbocycles. The van der Waals surface area contributed by atoms with Crippen LogP contribution in [0.15, 0.2) is 67.0 Å². The van der Waals surface area contributed by atoms with Gasteiger partial charge in [0.15, 0.2) is 5.82 Å². The average molecular weight is 663 g/mol. The van der Waals surface area contributed by atoms with E-state index in [0.29, 0.717) is 11.4 Å². The Morgan fingerprint density at radius 2 is 1.53 bits per heavy atom. The lowest BCUT2D eigenvalue weighted by atomic mass is 9.70. The highest BCUT2D eigenvalue weighted by Gasteiger charge is 2.39. The van der Waals surface area contributed by atoms with Crippen LogP contribution in [-0.2, 0) is 22.4 Å². The number of carbonyl (C=O) groups is 3. The van der Waals surface area contributed by atoms with Crippen LogP contribution >= 0.6 is 0 Å². The number of aromatic nitrogens is 2. The number of hydrogen-bond donors (Lipinski definition) is 2. The van der Waals surface area contributed by atoms with Crippen molar-refractivity contribution in [2.75, 3.05) is 13.1 Å². The molecule has 2 N–H and O–H groups in total. The van der Waals surface area contributed by atoms with Crippen LogP contribution in [-0.4, -0.2) is 56.9 Å². The van der Waals surface area contributed by atoms with Gasteiger partial charge in [-0.3, -0.25) is 14.4 Å². The van der Waals surface area contributed by atoms with Gasteiger partial charge < -0.3 is 15.3 Å². The molecule has 1 aliphatic heterocycles. The van der Waals surface area contributed by atoms with Crippen molar-refractivity contribution in [1.29, 1.82) is 0 Å². The van der Waals surface area contributed by atoms with E-state index < -0.39 is 17.9 Å². The van der Waals surface area contributed by atoms with Crippen LogP contribution in [0.1, 0.15) is 98.7 Å². The summed E-state index contributed by atoms with van der Waals surface area (Å²) in [7, 11) is 0. The molecule has 1 saturated carbocycles. The fourth-order valence-corrected chi connectivity index (χ4v) is 7.94. The van der Waals surface area contributed by atoms with Crippen molar-refractivity contribution in [3.05, 3.63) is 89.3 Å². The molecule has 1 unspecified atom stereocenters. The van der Waals surface area contributed by atoms with Gasteiger partial charge in [0.05, 0.1) is 5.92 Å². The number of rotatable bonds is 12. The molecule has 8 heteroatoms. The maximum absolute atomic E-state index is 13.4. The molecular formula is C41H50N4O4. The van der Waals surface area contributed by atoms with E-state index in [1.807, 2.05) is 48.8 Å². The molecule has 2 fully saturated rings. The largest absolute Gasteiger partial charge is 0.481 e. The summed E-state index contributed by atoms with van der Waals surface area (Å²) in [6.07, 6.45) is 19.3. The maximum atomic E-state index is 13.4. The Labute approximate surface area is 290 Å². The van der Waals surface area contributed by atoms with Crippen LogP contribution in [0.3, 0.4) is 0 Å². The lowest BCUT2D eigenvalue weighted by molar-refractivity contribution is -0.153. The minimum atomic E-state index is -0.911. The number of aryl methyl sites for hydroxylation is 1. The van der Waals surface area contributed by atoms with E-state index in [9.17, 15) is 19.5 Å². The van der Waals surface area contributed by atoms with Crippen LogP contribution in [0.25, 0.3) is 17.0 Å². The fraction of sp³-hybridized carbons (Fsp3) is 0.488. The quantitative estimate of drug-likeness (QED) is 0.209. The summed E-state index contributed by atoms with van der Waals surface area (Å²) < 4.78 is 0. The SMILES string of the molecule is CCCC1CCC(C2CC=C(c3cnc(-c4ccc(C[C@H](NC(=O)c5ccc(CC)cc5)C(=O)N5CC(C(=O)O)C5)cc4)nc3)CC2)CC1. The van der Waals surface area contributed by atoms with Crippen molar-refractivity contribution in [2.24, 2.45) is 23.7 Å². The first kappa shape index (κ1) is 34.5. The minimum absolute atomic E-state index is 0.148. The van der Waals surface area contributed by atoms with E-state index in [-0.39, 0.29) is 31.3 Å². The first-order valence-corrected chi connectivity index (χ1v) is 18.3. The number of aliphatic carboxylic acids is 1. The monoisotopic (exact) mass is 662 g/mol. The van der Waals surface area contributed by atoms with Gasteiger partial charge in [0.2, 0.25) is 5.91 Å². The number of amides is 2. The zero-order valence-corrected chi connectivity index (χ0v) is 28.9. The summed E-state index contributed by atoms with van der Waals surface area (Å²) in [6.45, 7) is 4.66. The van der Waals surface area contributed by atoms with Gasteiger partial charge in [-0.2, -0.15) is 0 Å². The Morgan fingerprint density at radius 1 is 0.857 bits per heavy atom. The van der Waals surface area contributed by atoms with E-state index >= 15 is 0 Å². The smallest absolute Gasteiger partial charge is 0.310 e. The Bertz CT molecular complexity index is 1620. The second-order valence-corrected chi connectivity index (χ2v) is 14.4. The Kier molecular flexibility index (Phi) is 11.2. The second kappa shape index (κ2) is 15.9. The van der Waals surface area contributed by atoms with E-state index in [4.69, 9.17) is 9.97 Å². The number of hydrogen-bond acceptors (Lipinski definition) is 5. The number of benzene rings is 2. The normalized spacial score (nSPS) is 21.7. The zero-order chi connectivity index (χ0) is 34.3. The molecule has 8 nitrogen and oxygen atoms in total. The van der Waals surface area contributed by atoms with Gasteiger partial charge in [-0.15, -0.1) is 0 Å². The van der Waals surface area contributed by atoms with Gasteiger partial charge in [0.1, 0.15) is 6.04 Å². The van der Waals surface area contributed by atoms with Crippen molar-refractivity contribution in [1.82, 2.24) is 20.2 Å². The van der Waals surface area contributed by atoms with E-state index in [1.54, 1.807) is 12.1 Å². The summed E-state index contributed by atoms with van der Waals surface area (Å²) >= 11 is 0. The summed E-state index contributed by atoms with van der Waals surface area (Å²) in [5.74, 6) is 1.20. The molecular weight excluding hydrogens is 612 g/mol. The average Bonchev–Trinajstić information content (AvgIpc) is 3.11. The molecule has 2 aliphatic carbocycles. The number of carboxylic acids is 1. The summed E-state index contributed by atoms with van der Waals surface area (Å²) in [6, 6.07) is 14.3. The number of nitrogens with zero attached hydrogens (tertiary/aromatic N) is 3. The lowest BCUT2D eigenvalue weighted by Gasteiger charge is -2.39. The molecule has 2 amide bonds. The molecule has 0 bridgehead atoms. The molecule has 6 rings (SSSR count). The predicted molar refractivity (Wildman–Crippen MR) is 192 cm³/mol. The van der Waals surface area contributed by atoms with Gasteiger partial charge >= 0.3 is 5.97 Å². The predicted octanol–water partition coefficient (Wildman–Crippen LogP) is 7.38. The Morgan fingerprint density at radius 3 is 2.12 bits per heavy atom. The summed E-state index contributed by atoms with van der Waals surface area (Å²) in [5.41, 5.74) is 5.80. The molecule has 3 aromatic rings. The second-order valence-electron chi connectivity index (χ2n) is 14.4. The highest BCUT2D eigenvalue weighted by atomic mass is 16.4. The third-order valence-electron chi connectivity index (χ3n) is 11.2. The minimum Gasteiger partial charge on any atom is -0.481 e. The van der Waals surface area contributed by atoms with Gasteiger partial charge in [0.25, 0.3) is 5.91 Å². The van der Waals surface area contributed by atoms with Crippen molar-refractivity contribution >= 4 is 23.4 Å². The molecule has 3 aliphatic rings. The molecule has 49 heavy (non-hydrogen) atoms. The topological polar surface area (TPSA) is 112 Å². The molecule has 0 radical (unpaired) electrons. The highest BCUT2D eigenvalue weighted by molar-refractivity contribution is 5.98. The number of carbonyl (C=O) groups excluding carboxylic acids is 2. The van der Waals surface area contributed by atoms with Gasteiger partial charge in [-0.1, -0.05) is 82.0 Å². The molecule has 2 heterocycles. The summed E-state index contributed by atoms with van der Waals surface area (Å²) in [5, 5.41) is 12.2. The van der Waals surface area contributed by atoms with Gasteiger partial charge in [-0.25, -0.2) is 9.97 Å². The van der Waals surface area contributed by atoms with Crippen molar-refractivity contribution in [3.63, 3.8) is 0 Å². The van der Waals surface area contributed by atoms with E-state index in [1.165, 1.54) is 55.4 Å². The third kappa shape index (κ3) is 8.46. The zero-order valence-electron chi connectivity index (χ0n) is 28.9. The number of allylic oxidation sites excluding steroid dienone is 2.